The van der Waals surface area contributed by atoms with Gasteiger partial charge in [-0.15, -0.1) is 0 Å². The van der Waals surface area contributed by atoms with Crippen molar-refractivity contribution in [3.05, 3.63) is 71.8 Å². The molecule has 0 N–H and O–H groups in total. The van der Waals surface area contributed by atoms with E-state index in [0.717, 1.165) is 23.7 Å². The van der Waals surface area contributed by atoms with Gasteiger partial charge in [-0.2, -0.15) is 0 Å². The van der Waals surface area contributed by atoms with E-state index in [2.05, 4.69) is 60.7 Å². The van der Waals surface area contributed by atoms with Crippen molar-refractivity contribution in [1.29, 1.82) is 0 Å². The number of hydrogen-bond acceptors (Lipinski definition) is 2. The van der Waals surface area contributed by atoms with Crippen molar-refractivity contribution >= 4 is 23.5 Å². The third-order valence-corrected chi connectivity index (χ3v) is 11.4. The molecular formula is C28H24S2. The number of fused-ring (bicyclic) bond motifs is 5. The molecule has 2 heteroatoms. The molecule has 0 saturated heterocycles. The van der Waals surface area contributed by atoms with E-state index in [9.17, 15) is 0 Å². The predicted octanol–water partition coefficient (Wildman–Crippen LogP) is 8.03. The number of benzene rings is 3. The summed E-state index contributed by atoms with van der Waals surface area (Å²) in [5.41, 5.74) is 6.72. The van der Waals surface area contributed by atoms with Gasteiger partial charge in [0, 0.05) is 25.0 Å². The summed E-state index contributed by atoms with van der Waals surface area (Å²) in [7, 11) is 0. The maximum Gasteiger partial charge on any atom is 0.0272 e. The fourth-order valence-corrected chi connectivity index (χ4v) is 10.4. The van der Waals surface area contributed by atoms with Crippen molar-refractivity contribution in [1.82, 2.24) is 0 Å². The van der Waals surface area contributed by atoms with Crippen LogP contribution in [0, 0.1) is 23.7 Å². The lowest BCUT2D eigenvalue weighted by atomic mass is 9.43. The Labute approximate surface area is 186 Å². The standard InChI is InChI=1S/C28H24S2/c1-2-6-22-20(5-1)21-14-26-27(30-25-8-4-3-7-24(25)29-26)15-23(21)28(22)18-10-16-9-17(12-18)13-19(28)11-16/h1-8,14-19H,9-13H2. The van der Waals surface area contributed by atoms with Crippen LogP contribution in [0.25, 0.3) is 11.1 Å². The Balaban J connectivity index is 1.38. The van der Waals surface area contributed by atoms with E-state index in [0.29, 0.717) is 0 Å². The monoisotopic (exact) mass is 424 g/mol. The van der Waals surface area contributed by atoms with Gasteiger partial charge in [0.15, 0.2) is 0 Å². The SMILES string of the molecule is c1ccc2c(c1)Sc1cc3c(cc1S2)C1(c2ccccc2-3)C2CC3CC(C2)CC1C3. The zero-order valence-corrected chi connectivity index (χ0v) is 18.6. The minimum atomic E-state index is 0.288. The Kier molecular flexibility index (Phi) is 3.27. The molecule has 0 amide bonds. The van der Waals surface area contributed by atoms with Crippen molar-refractivity contribution in [3.63, 3.8) is 0 Å². The molecule has 4 bridgehead atoms. The zero-order valence-electron chi connectivity index (χ0n) is 16.9. The van der Waals surface area contributed by atoms with Gasteiger partial charge in [0.05, 0.1) is 0 Å². The van der Waals surface area contributed by atoms with Gasteiger partial charge in [-0.25, -0.2) is 0 Å². The lowest BCUT2D eigenvalue weighted by molar-refractivity contribution is -0.0400. The Morgan fingerprint density at radius 1 is 0.567 bits per heavy atom. The highest BCUT2D eigenvalue weighted by Gasteiger charge is 2.61. The molecule has 6 aliphatic rings. The summed E-state index contributed by atoms with van der Waals surface area (Å²) in [5, 5.41) is 0. The molecule has 0 aromatic heterocycles. The Morgan fingerprint density at radius 2 is 1.17 bits per heavy atom. The molecule has 30 heavy (non-hydrogen) atoms. The van der Waals surface area contributed by atoms with E-state index in [1.54, 1.807) is 16.7 Å². The highest BCUT2D eigenvalue weighted by Crippen LogP contribution is 2.70. The van der Waals surface area contributed by atoms with E-state index in [4.69, 9.17) is 0 Å². The molecule has 1 heterocycles. The average Bonchev–Trinajstić information content (AvgIpc) is 3.04. The molecule has 5 aliphatic carbocycles. The first-order chi connectivity index (χ1) is 14.8. The summed E-state index contributed by atoms with van der Waals surface area (Å²) in [6.45, 7) is 0. The van der Waals surface area contributed by atoms with Crippen molar-refractivity contribution in [2.45, 2.75) is 57.1 Å². The van der Waals surface area contributed by atoms with Crippen LogP contribution >= 0.6 is 23.5 Å². The predicted molar refractivity (Wildman–Crippen MR) is 124 cm³/mol. The molecule has 148 valence electrons. The number of hydrogen-bond donors (Lipinski definition) is 0. The van der Waals surface area contributed by atoms with Gasteiger partial charge in [-0.1, -0.05) is 59.9 Å². The molecule has 0 atom stereocenters. The molecule has 0 radical (unpaired) electrons. The summed E-state index contributed by atoms with van der Waals surface area (Å²) in [6.07, 6.45) is 7.36. The average molecular weight is 425 g/mol. The molecule has 4 fully saturated rings. The normalized spacial score (nSPS) is 33.9. The first-order valence-corrected chi connectivity index (χ1v) is 13.2. The molecule has 4 saturated carbocycles. The van der Waals surface area contributed by atoms with Crippen LogP contribution in [-0.4, -0.2) is 0 Å². The fourth-order valence-electron chi connectivity index (χ4n) is 8.17. The third-order valence-electron chi connectivity index (χ3n) is 8.91. The molecular weight excluding hydrogens is 400 g/mol. The quantitative estimate of drug-likeness (QED) is 0.280. The Hall–Kier alpha value is -1.64. The van der Waals surface area contributed by atoms with Crippen LogP contribution in [-0.2, 0) is 5.41 Å². The highest BCUT2D eigenvalue weighted by atomic mass is 32.2. The second kappa shape index (κ2) is 5.78. The lowest BCUT2D eigenvalue weighted by Crippen LogP contribution is -2.55. The van der Waals surface area contributed by atoms with Crippen LogP contribution in [0.3, 0.4) is 0 Å². The lowest BCUT2D eigenvalue weighted by Gasteiger charge is -2.61. The second-order valence-corrected chi connectivity index (χ2v) is 12.4. The molecule has 9 rings (SSSR count). The van der Waals surface area contributed by atoms with Gasteiger partial charge in [0.1, 0.15) is 0 Å². The van der Waals surface area contributed by atoms with E-state index in [1.807, 2.05) is 23.5 Å². The second-order valence-electron chi connectivity index (χ2n) is 10.2. The van der Waals surface area contributed by atoms with Gasteiger partial charge in [0.2, 0.25) is 0 Å². The zero-order chi connectivity index (χ0) is 19.4. The smallest absolute Gasteiger partial charge is 0.0272 e. The van der Waals surface area contributed by atoms with Crippen LogP contribution in [0.1, 0.15) is 43.2 Å². The Bertz CT molecular complexity index is 1200. The summed E-state index contributed by atoms with van der Waals surface area (Å²) >= 11 is 3.96. The van der Waals surface area contributed by atoms with Gasteiger partial charge in [0.25, 0.3) is 0 Å². The summed E-state index contributed by atoms with van der Waals surface area (Å²) in [6, 6.07) is 23.6. The van der Waals surface area contributed by atoms with Crippen LogP contribution in [0.2, 0.25) is 0 Å². The van der Waals surface area contributed by atoms with Crippen molar-refractivity contribution in [2.24, 2.45) is 23.7 Å². The van der Waals surface area contributed by atoms with Crippen molar-refractivity contribution in [2.75, 3.05) is 0 Å². The summed E-state index contributed by atoms with van der Waals surface area (Å²) < 4.78 is 0. The topological polar surface area (TPSA) is 0 Å². The molecule has 1 spiro atoms. The van der Waals surface area contributed by atoms with E-state index in [-0.39, 0.29) is 5.41 Å². The van der Waals surface area contributed by atoms with Crippen LogP contribution in [0.5, 0.6) is 0 Å². The largest absolute Gasteiger partial charge is 0.0877 e. The van der Waals surface area contributed by atoms with E-state index in [1.165, 1.54) is 57.2 Å². The van der Waals surface area contributed by atoms with Crippen molar-refractivity contribution in [3.8, 4) is 11.1 Å². The first-order valence-electron chi connectivity index (χ1n) is 11.5. The van der Waals surface area contributed by atoms with Gasteiger partial charge in [-0.05, 0) is 102 Å². The van der Waals surface area contributed by atoms with Crippen LogP contribution < -0.4 is 0 Å². The molecule has 0 nitrogen and oxygen atoms in total. The van der Waals surface area contributed by atoms with Gasteiger partial charge < -0.3 is 0 Å². The number of rotatable bonds is 0. The van der Waals surface area contributed by atoms with Crippen LogP contribution in [0.15, 0.2) is 80.2 Å². The minimum absolute atomic E-state index is 0.288. The molecule has 1 aliphatic heterocycles. The van der Waals surface area contributed by atoms with E-state index >= 15 is 0 Å². The summed E-state index contributed by atoms with van der Waals surface area (Å²) in [5.74, 6) is 3.71. The maximum atomic E-state index is 2.64. The minimum Gasteiger partial charge on any atom is -0.0877 e. The fraction of sp³-hybridized carbons (Fsp3) is 0.357. The molecule has 3 aromatic carbocycles. The molecule has 0 unspecified atom stereocenters. The van der Waals surface area contributed by atoms with Gasteiger partial charge >= 0.3 is 0 Å². The third kappa shape index (κ3) is 1.99. The van der Waals surface area contributed by atoms with Crippen molar-refractivity contribution < 1.29 is 0 Å². The van der Waals surface area contributed by atoms with Gasteiger partial charge in [-0.3, -0.25) is 0 Å². The van der Waals surface area contributed by atoms with Crippen LogP contribution in [0.4, 0.5) is 0 Å². The van der Waals surface area contributed by atoms with E-state index < -0.39 is 0 Å². The highest BCUT2D eigenvalue weighted by molar-refractivity contribution is 8.05. The maximum absolute atomic E-state index is 2.64. The Morgan fingerprint density at radius 3 is 1.87 bits per heavy atom. The summed E-state index contributed by atoms with van der Waals surface area (Å²) in [4.78, 5) is 5.77. The molecule has 3 aromatic rings. The first kappa shape index (κ1) is 17.0.